The molecule has 0 aliphatic heterocycles. The summed E-state index contributed by atoms with van der Waals surface area (Å²) < 4.78 is 51.6. The largest absolute Gasteiger partial charge is 0.477 e. The molecule has 0 radical (unpaired) electrons. The summed E-state index contributed by atoms with van der Waals surface area (Å²) in [6, 6.07) is 3.51. The standard InChI is InChI=1S/C11H7F2NO4S2/c12-8-2-1-6(3-9(8)13)14-20(17,18)7-4-10(11(15)16)19-5-7/h1-5,14H,(H,15,16). The number of aromatic carboxylic acids is 1. The predicted octanol–water partition coefficient (Wildman–Crippen LogP) is 2.53. The number of anilines is 1. The number of benzene rings is 1. The van der Waals surface area contributed by atoms with Crippen LogP contribution in [-0.4, -0.2) is 19.5 Å². The fourth-order valence-corrected chi connectivity index (χ4v) is 3.51. The van der Waals surface area contributed by atoms with Crippen molar-refractivity contribution in [1.82, 2.24) is 0 Å². The number of carboxylic acids is 1. The van der Waals surface area contributed by atoms with Gasteiger partial charge in [0.25, 0.3) is 10.0 Å². The first-order valence-corrected chi connectivity index (χ1v) is 7.45. The van der Waals surface area contributed by atoms with Gasteiger partial charge in [0.2, 0.25) is 0 Å². The van der Waals surface area contributed by atoms with Crippen LogP contribution < -0.4 is 4.72 Å². The molecule has 1 aromatic heterocycles. The average Bonchev–Trinajstić information content (AvgIpc) is 2.84. The average molecular weight is 319 g/mol. The Morgan fingerprint density at radius 3 is 2.45 bits per heavy atom. The molecule has 9 heteroatoms. The van der Waals surface area contributed by atoms with E-state index < -0.39 is 27.6 Å². The van der Waals surface area contributed by atoms with Crippen molar-refractivity contribution in [3.8, 4) is 0 Å². The molecular formula is C11H7F2NO4S2. The van der Waals surface area contributed by atoms with Crippen molar-refractivity contribution in [1.29, 1.82) is 0 Å². The van der Waals surface area contributed by atoms with Gasteiger partial charge in [0.05, 0.1) is 10.6 Å². The van der Waals surface area contributed by atoms with E-state index in [4.69, 9.17) is 5.11 Å². The van der Waals surface area contributed by atoms with E-state index in [1.807, 2.05) is 4.72 Å². The first kappa shape index (κ1) is 14.4. The number of rotatable bonds is 4. The fourth-order valence-electron chi connectivity index (χ4n) is 1.35. The van der Waals surface area contributed by atoms with Gasteiger partial charge in [-0.05, 0) is 18.2 Å². The van der Waals surface area contributed by atoms with Crippen LogP contribution in [0.5, 0.6) is 0 Å². The summed E-state index contributed by atoms with van der Waals surface area (Å²) in [4.78, 5) is 10.3. The van der Waals surface area contributed by atoms with Crippen LogP contribution in [-0.2, 0) is 10.0 Å². The van der Waals surface area contributed by atoms with Crippen LogP contribution in [0.3, 0.4) is 0 Å². The zero-order valence-corrected chi connectivity index (χ0v) is 11.3. The first-order chi connectivity index (χ1) is 9.29. The lowest BCUT2D eigenvalue weighted by atomic mass is 10.3. The maximum absolute atomic E-state index is 13.0. The molecule has 0 aliphatic carbocycles. The summed E-state index contributed by atoms with van der Waals surface area (Å²) in [5.41, 5.74) is -0.160. The minimum absolute atomic E-state index is 0.143. The van der Waals surface area contributed by atoms with Crippen molar-refractivity contribution < 1.29 is 27.1 Å². The summed E-state index contributed by atoms with van der Waals surface area (Å²) >= 11 is 0.748. The Bertz CT molecular complexity index is 770. The van der Waals surface area contributed by atoms with Crippen molar-refractivity contribution in [2.45, 2.75) is 4.90 Å². The van der Waals surface area contributed by atoms with Gasteiger partial charge in [-0.3, -0.25) is 4.72 Å². The van der Waals surface area contributed by atoms with E-state index in [1.54, 1.807) is 0 Å². The van der Waals surface area contributed by atoms with Gasteiger partial charge in [-0.15, -0.1) is 11.3 Å². The number of sulfonamides is 1. The molecule has 0 spiro atoms. The Balaban J connectivity index is 2.30. The maximum Gasteiger partial charge on any atom is 0.345 e. The molecule has 0 saturated carbocycles. The third-order valence-electron chi connectivity index (χ3n) is 2.27. The maximum atomic E-state index is 13.0. The van der Waals surface area contributed by atoms with Gasteiger partial charge in [-0.1, -0.05) is 0 Å². The van der Waals surface area contributed by atoms with Crippen LogP contribution in [0.25, 0.3) is 0 Å². The van der Waals surface area contributed by atoms with Gasteiger partial charge in [-0.2, -0.15) is 0 Å². The van der Waals surface area contributed by atoms with Gasteiger partial charge in [0.1, 0.15) is 4.88 Å². The molecule has 0 bridgehead atoms. The Morgan fingerprint density at radius 1 is 1.20 bits per heavy atom. The molecule has 2 aromatic rings. The fraction of sp³-hybridized carbons (Fsp3) is 0. The van der Waals surface area contributed by atoms with Crippen molar-refractivity contribution in [2.75, 3.05) is 4.72 Å². The van der Waals surface area contributed by atoms with Crippen LogP contribution in [0.15, 0.2) is 34.5 Å². The lowest BCUT2D eigenvalue weighted by Gasteiger charge is -2.06. The second kappa shape index (κ2) is 5.17. The van der Waals surface area contributed by atoms with Gasteiger partial charge in [0.15, 0.2) is 11.6 Å². The zero-order chi connectivity index (χ0) is 14.9. The molecule has 106 valence electrons. The summed E-state index contributed by atoms with van der Waals surface area (Å²) in [6.45, 7) is 0. The molecule has 0 atom stereocenters. The van der Waals surface area contributed by atoms with Crippen LogP contribution in [0, 0.1) is 11.6 Å². The van der Waals surface area contributed by atoms with Gasteiger partial charge in [-0.25, -0.2) is 22.0 Å². The SMILES string of the molecule is O=C(O)c1cc(S(=O)(=O)Nc2ccc(F)c(F)c2)cs1. The smallest absolute Gasteiger partial charge is 0.345 e. The van der Waals surface area contributed by atoms with E-state index in [9.17, 15) is 22.0 Å². The molecule has 2 rings (SSSR count). The second-order valence-electron chi connectivity index (χ2n) is 3.69. The number of nitrogens with one attached hydrogen (secondary N) is 1. The third kappa shape index (κ3) is 2.94. The minimum atomic E-state index is -4.05. The highest BCUT2D eigenvalue weighted by molar-refractivity contribution is 7.92. The second-order valence-corrected chi connectivity index (χ2v) is 6.28. The Labute approximate surface area is 116 Å². The van der Waals surface area contributed by atoms with Crippen molar-refractivity contribution in [3.05, 3.63) is 46.2 Å². The number of carboxylic acid groups (broad SMARTS) is 1. The van der Waals surface area contributed by atoms with E-state index in [0.29, 0.717) is 6.07 Å². The molecule has 0 unspecified atom stereocenters. The van der Waals surface area contributed by atoms with Crippen molar-refractivity contribution in [3.63, 3.8) is 0 Å². The van der Waals surface area contributed by atoms with E-state index in [0.717, 1.165) is 34.9 Å². The quantitative estimate of drug-likeness (QED) is 0.907. The van der Waals surface area contributed by atoms with Crippen molar-refractivity contribution in [2.24, 2.45) is 0 Å². The van der Waals surface area contributed by atoms with Crippen LogP contribution in [0.1, 0.15) is 9.67 Å². The lowest BCUT2D eigenvalue weighted by Crippen LogP contribution is -2.12. The summed E-state index contributed by atoms with van der Waals surface area (Å²) in [7, 11) is -4.05. The van der Waals surface area contributed by atoms with E-state index in [-0.39, 0.29) is 15.5 Å². The van der Waals surface area contributed by atoms with Crippen LogP contribution >= 0.6 is 11.3 Å². The monoisotopic (exact) mass is 319 g/mol. The molecule has 20 heavy (non-hydrogen) atoms. The Morgan fingerprint density at radius 2 is 1.90 bits per heavy atom. The molecule has 2 N–H and O–H groups in total. The van der Waals surface area contributed by atoms with E-state index in [1.165, 1.54) is 0 Å². The number of hydrogen-bond acceptors (Lipinski definition) is 4. The van der Waals surface area contributed by atoms with Crippen molar-refractivity contribution >= 4 is 33.0 Å². The van der Waals surface area contributed by atoms with Gasteiger partial charge >= 0.3 is 5.97 Å². The minimum Gasteiger partial charge on any atom is -0.477 e. The molecular weight excluding hydrogens is 312 g/mol. The highest BCUT2D eigenvalue weighted by atomic mass is 32.2. The topological polar surface area (TPSA) is 83.5 Å². The molecule has 0 amide bonds. The van der Waals surface area contributed by atoms with Gasteiger partial charge in [0, 0.05) is 11.4 Å². The number of halogens is 2. The lowest BCUT2D eigenvalue weighted by molar-refractivity contribution is 0.0702. The molecule has 0 aliphatic rings. The molecule has 1 heterocycles. The van der Waals surface area contributed by atoms with Gasteiger partial charge < -0.3 is 5.11 Å². The molecule has 0 fully saturated rings. The van der Waals surface area contributed by atoms with Crippen LogP contribution in [0.2, 0.25) is 0 Å². The number of carbonyl (C=O) groups is 1. The normalized spacial score (nSPS) is 11.3. The Hall–Kier alpha value is -2.00. The first-order valence-electron chi connectivity index (χ1n) is 5.09. The molecule has 5 nitrogen and oxygen atoms in total. The number of thiophene rings is 1. The third-order valence-corrected chi connectivity index (χ3v) is 4.70. The Kier molecular flexibility index (Phi) is 3.73. The summed E-state index contributed by atoms with van der Waals surface area (Å²) in [5.74, 6) is -3.54. The van der Waals surface area contributed by atoms with E-state index in [2.05, 4.69) is 0 Å². The summed E-state index contributed by atoms with van der Waals surface area (Å²) in [5, 5.41) is 9.87. The van der Waals surface area contributed by atoms with Crippen LogP contribution in [0.4, 0.5) is 14.5 Å². The highest BCUT2D eigenvalue weighted by Gasteiger charge is 2.19. The summed E-state index contributed by atoms with van der Waals surface area (Å²) in [6.07, 6.45) is 0. The molecule has 1 aromatic carbocycles. The highest BCUT2D eigenvalue weighted by Crippen LogP contribution is 2.22. The zero-order valence-electron chi connectivity index (χ0n) is 9.63. The molecule has 0 saturated heterocycles. The number of hydrogen-bond donors (Lipinski definition) is 2. The predicted molar refractivity (Wildman–Crippen MR) is 68.4 cm³/mol. The van der Waals surface area contributed by atoms with E-state index >= 15 is 0 Å².